The van der Waals surface area contributed by atoms with E-state index in [1.165, 1.54) is 19.3 Å². The van der Waals surface area contributed by atoms with Crippen molar-refractivity contribution >= 4 is 11.5 Å². The molecule has 104 valence electrons. The average molecular weight is 252 g/mol. The second-order valence-electron chi connectivity index (χ2n) is 5.70. The van der Waals surface area contributed by atoms with Crippen molar-refractivity contribution in [1.29, 1.82) is 0 Å². The summed E-state index contributed by atoms with van der Waals surface area (Å²) >= 11 is 0. The summed E-state index contributed by atoms with van der Waals surface area (Å²) in [6.45, 7) is 11.7. The number of aryl methyl sites for hydroxylation is 1. The second-order valence-corrected chi connectivity index (χ2v) is 5.70. The van der Waals surface area contributed by atoms with Crippen LogP contribution in [0.25, 0.3) is 0 Å². The van der Waals surface area contributed by atoms with Gasteiger partial charge in [0.15, 0.2) is 0 Å². The maximum absolute atomic E-state index is 6.06. The van der Waals surface area contributed by atoms with Crippen LogP contribution in [0.15, 0.2) is 0 Å². The van der Waals surface area contributed by atoms with Crippen LogP contribution < -0.4 is 11.1 Å². The third kappa shape index (κ3) is 3.93. The Morgan fingerprint density at radius 1 is 1.22 bits per heavy atom. The van der Waals surface area contributed by atoms with Crippen LogP contribution in [-0.2, 0) is 0 Å². The lowest BCUT2D eigenvalue weighted by molar-refractivity contribution is 0.528. The molecule has 0 unspecified atom stereocenters. The predicted molar refractivity (Wildman–Crippen MR) is 78.9 cm³/mol. The van der Waals surface area contributed by atoms with Crippen LogP contribution in [0.3, 0.4) is 0 Å². The average Bonchev–Trinajstić information content (AvgIpc) is 2.56. The summed E-state index contributed by atoms with van der Waals surface area (Å²) in [7, 11) is 0. The zero-order chi connectivity index (χ0) is 13.7. The van der Waals surface area contributed by atoms with E-state index in [2.05, 4.69) is 38.1 Å². The molecule has 0 atom stereocenters. The lowest BCUT2D eigenvalue weighted by atomic mass is 10.1. The minimum absolute atomic E-state index is 0.333. The van der Waals surface area contributed by atoms with Crippen molar-refractivity contribution in [1.82, 2.24) is 9.78 Å². The number of aromatic nitrogens is 2. The number of rotatable bonds is 7. The normalized spacial score (nSPS) is 11.5. The number of hydrogen-bond donors (Lipinski definition) is 2. The molecule has 0 aliphatic carbocycles. The molecule has 0 bridgehead atoms. The van der Waals surface area contributed by atoms with Crippen molar-refractivity contribution in [2.24, 2.45) is 5.92 Å². The molecule has 0 aliphatic rings. The Kier molecular flexibility index (Phi) is 5.51. The van der Waals surface area contributed by atoms with Gasteiger partial charge in [-0.2, -0.15) is 5.10 Å². The first-order chi connectivity index (χ1) is 8.43. The molecule has 0 saturated carbocycles. The van der Waals surface area contributed by atoms with Crippen LogP contribution in [-0.4, -0.2) is 16.3 Å². The highest BCUT2D eigenvalue weighted by Crippen LogP contribution is 2.25. The fourth-order valence-corrected chi connectivity index (χ4v) is 1.99. The summed E-state index contributed by atoms with van der Waals surface area (Å²) in [6, 6.07) is 0.333. The van der Waals surface area contributed by atoms with E-state index in [0.29, 0.717) is 6.04 Å². The fourth-order valence-electron chi connectivity index (χ4n) is 1.99. The van der Waals surface area contributed by atoms with Gasteiger partial charge >= 0.3 is 0 Å². The molecule has 0 fully saturated rings. The quantitative estimate of drug-likeness (QED) is 0.729. The Bertz CT molecular complexity index is 366. The summed E-state index contributed by atoms with van der Waals surface area (Å²) in [5.74, 6) is 1.77. The van der Waals surface area contributed by atoms with Gasteiger partial charge in [-0.15, -0.1) is 0 Å². The van der Waals surface area contributed by atoms with Gasteiger partial charge in [0, 0.05) is 12.6 Å². The lowest BCUT2D eigenvalue weighted by Crippen LogP contribution is -2.12. The minimum atomic E-state index is 0.333. The van der Waals surface area contributed by atoms with E-state index in [0.717, 1.165) is 29.7 Å². The van der Waals surface area contributed by atoms with E-state index in [1.54, 1.807) is 0 Å². The van der Waals surface area contributed by atoms with Crippen molar-refractivity contribution in [2.75, 3.05) is 17.6 Å². The predicted octanol–water partition coefficient (Wildman–Crippen LogP) is 3.59. The van der Waals surface area contributed by atoms with E-state index in [-0.39, 0.29) is 0 Å². The van der Waals surface area contributed by atoms with Crippen molar-refractivity contribution < 1.29 is 0 Å². The maximum atomic E-state index is 6.06. The minimum Gasteiger partial charge on any atom is -0.394 e. The Balaban J connectivity index is 2.51. The van der Waals surface area contributed by atoms with E-state index in [9.17, 15) is 0 Å². The number of nitrogens with zero attached hydrogens (tertiary/aromatic N) is 2. The van der Waals surface area contributed by atoms with E-state index in [1.807, 2.05) is 11.6 Å². The molecule has 4 nitrogen and oxygen atoms in total. The fraction of sp³-hybridized carbons (Fsp3) is 0.786. The lowest BCUT2D eigenvalue weighted by Gasteiger charge is -2.13. The Hall–Kier alpha value is -1.19. The summed E-state index contributed by atoms with van der Waals surface area (Å²) in [4.78, 5) is 0. The first-order valence-corrected chi connectivity index (χ1v) is 7.02. The molecule has 0 amide bonds. The summed E-state index contributed by atoms with van der Waals surface area (Å²) in [5, 5.41) is 7.90. The van der Waals surface area contributed by atoms with Crippen molar-refractivity contribution in [3.8, 4) is 0 Å². The number of nitrogens with two attached hydrogens (primary N) is 1. The number of unbranched alkanes of at least 4 members (excludes halogenated alkanes) is 1. The number of nitrogen functional groups attached to an aromatic ring is 1. The third-order valence-electron chi connectivity index (χ3n) is 3.12. The molecule has 1 aromatic rings. The van der Waals surface area contributed by atoms with Gasteiger partial charge in [-0.25, -0.2) is 4.68 Å². The van der Waals surface area contributed by atoms with E-state index < -0.39 is 0 Å². The highest BCUT2D eigenvalue weighted by Gasteiger charge is 2.13. The summed E-state index contributed by atoms with van der Waals surface area (Å²) < 4.78 is 1.98. The molecular formula is C14H28N4. The molecule has 18 heavy (non-hydrogen) atoms. The van der Waals surface area contributed by atoms with Crippen LogP contribution in [0.1, 0.15) is 58.7 Å². The van der Waals surface area contributed by atoms with Crippen LogP contribution in [0, 0.1) is 12.8 Å². The first kappa shape index (κ1) is 14.9. The summed E-state index contributed by atoms with van der Waals surface area (Å²) in [6.07, 6.45) is 3.74. The molecule has 4 heteroatoms. The molecular weight excluding hydrogens is 224 g/mol. The van der Waals surface area contributed by atoms with Gasteiger partial charge in [0.1, 0.15) is 5.82 Å². The molecule has 1 rings (SSSR count). The van der Waals surface area contributed by atoms with Crippen LogP contribution in [0.2, 0.25) is 0 Å². The summed E-state index contributed by atoms with van der Waals surface area (Å²) in [5.41, 5.74) is 7.75. The molecule has 0 spiro atoms. The van der Waals surface area contributed by atoms with Crippen LogP contribution in [0.5, 0.6) is 0 Å². The van der Waals surface area contributed by atoms with Gasteiger partial charge in [0.2, 0.25) is 0 Å². The monoisotopic (exact) mass is 252 g/mol. The number of anilines is 2. The van der Waals surface area contributed by atoms with Gasteiger partial charge in [-0.3, -0.25) is 0 Å². The number of nitrogens with one attached hydrogen (secondary N) is 1. The molecule has 1 aromatic heterocycles. The molecule has 1 heterocycles. The molecule has 0 radical (unpaired) electrons. The second kappa shape index (κ2) is 6.66. The van der Waals surface area contributed by atoms with Crippen molar-refractivity contribution in [3.63, 3.8) is 0 Å². The molecule has 0 aliphatic heterocycles. The Morgan fingerprint density at radius 2 is 1.89 bits per heavy atom. The standard InChI is InChI=1S/C14H28N4/c1-10(2)8-6-7-9-16-14-13(15)12(5)17-18(14)11(3)4/h10-11,16H,6-9,15H2,1-5H3. The smallest absolute Gasteiger partial charge is 0.148 e. The van der Waals surface area contributed by atoms with Gasteiger partial charge in [0.05, 0.1) is 11.4 Å². The maximum Gasteiger partial charge on any atom is 0.148 e. The van der Waals surface area contributed by atoms with Crippen LogP contribution in [0.4, 0.5) is 11.5 Å². The van der Waals surface area contributed by atoms with Gasteiger partial charge in [-0.05, 0) is 33.1 Å². The van der Waals surface area contributed by atoms with Gasteiger partial charge in [0.25, 0.3) is 0 Å². The Morgan fingerprint density at radius 3 is 2.44 bits per heavy atom. The van der Waals surface area contributed by atoms with Gasteiger partial charge in [-0.1, -0.05) is 26.7 Å². The first-order valence-electron chi connectivity index (χ1n) is 7.02. The molecule has 3 N–H and O–H groups in total. The van der Waals surface area contributed by atoms with Crippen LogP contribution >= 0.6 is 0 Å². The largest absolute Gasteiger partial charge is 0.394 e. The topological polar surface area (TPSA) is 55.9 Å². The third-order valence-corrected chi connectivity index (χ3v) is 3.12. The highest BCUT2D eigenvalue weighted by molar-refractivity contribution is 5.64. The zero-order valence-corrected chi connectivity index (χ0v) is 12.5. The van der Waals surface area contributed by atoms with Crippen molar-refractivity contribution in [3.05, 3.63) is 5.69 Å². The van der Waals surface area contributed by atoms with E-state index in [4.69, 9.17) is 5.73 Å². The zero-order valence-electron chi connectivity index (χ0n) is 12.5. The highest BCUT2D eigenvalue weighted by atomic mass is 15.4. The van der Waals surface area contributed by atoms with E-state index >= 15 is 0 Å². The molecule has 0 saturated heterocycles. The van der Waals surface area contributed by atoms with Gasteiger partial charge < -0.3 is 11.1 Å². The SMILES string of the molecule is Cc1nn(C(C)C)c(NCCCCC(C)C)c1N. The number of hydrogen-bond acceptors (Lipinski definition) is 3. The van der Waals surface area contributed by atoms with Crippen molar-refractivity contribution in [2.45, 2.75) is 59.9 Å². The molecule has 0 aromatic carbocycles. The Labute approximate surface area is 111 Å².